The van der Waals surface area contributed by atoms with E-state index in [0.717, 1.165) is 43.1 Å². The summed E-state index contributed by atoms with van der Waals surface area (Å²) in [6.45, 7) is 3.29. The van der Waals surface area contributed by atoms with Gasteiger partial charge in [-0.05, 0) is 18.4 Å². The fraction of sp³-hybridized carbons (Fsp3) is 0.476. The Hall–Kier alpha value is -2.25. The van der Waals surface area contributed by atoms with Crippen molar-refractivity contribution in [1.29, 1.82) is 0 Å². The van der Waals surface area contributed by atoms with E-state index < -0.39 is 0 Å². The van der Waals surface area contributed by atoms with Gasteiger partial charge in [0.05, 0.1) is 23.7 Å². The van der Waals surface area contributed by atoms with Crippen LogP contribution in [0.1, 0.15) is 29.1 Å². The number of nitrogens with zero attached hydrogens (tertiary/aromatic N) is 3. The SMILES string of the molecule is O=C(CN1CCN(C(=O)Cc2csc(Cc3ccccc3)n2)CC1)NC1CC1. The Bertz CT molecular complexity index is 811. The lowest BCUT2D eigenvalue weighted by atomic mass is 10.2. The second kappa shape index (κ2) is 8.84. The van der Waals surface area contributed by atoms with Gasteiger partial charge in [0.15, 0.2) is 0 Å². The number of benzene rings is 1. The third-order valence-corrected chi connectivity index (χ3v) is 6.06. The van der Waals surface area contributed by atoms with Gasteiger partial charge in [-0.1, -0.05) is 30.3 Å². The van der Waals surface area contributed by atoms with Gasteiger partial charge in [-0.2, -0.15) is 0 Å². The molecule has 0 bridgehead atoms. The molecule has 4 rings (SSSR count). The van der Waals surface area contributed by atoms with Crippen LogP contribution in [0.4, 0.5) is 0 Å². The molecule has 1 aromatic heterocycles. The Morgan fingerprint density at radius 3 is 2.57 bits per heavy atom. The predicted octanol–water partition coefficient (Wildman–Crippen LogP) is 1.70. The second-order valence-corrected chi connectivity index (χ2v) is 8.51. The smallest absolute Gasteiger partial charge is 0.234 e. The van der Waals surface area contributed by atoms with Crippen molar-refractivity contribution in [2.45, 2.75) is 31.7 Å². The van der Waals surface area contributed by atoms with E-state index in [-0.39, 0.29) is 11.8 Å². The molecule has 148 valence electrons. The Morgan fingerprint density at radius 2 is 1.86 bits per heavy atom. The summed E-state index contributed by atoms with van der Waals surface area (Å²) in [6, 6.07) is 10.7. The number of carbonyl (C=O) groups is 2. The first-order valence-corrected chi connectivity index (χ1v) is 10.8. The van der Waals surface area contributed by atoms with Crippen molar-refractivity contribution in [3.05, 3.63) is 52.0 Å². The molecule has 2 aliphatic rings. The van der Waals surface area contributed by atoms with Crippen molar-refractivity contribution < 1.29 is 9.59 Å². The number of piperazine rings is 1. The van der Waals surface area contributed by atoms with Crippen LogP contribution in [0.5, 0.6) is 0 Å². The van der Waals surface area contributed by atoms with E-state index in [1.807, 2.05) is 28.5 Å². The molecule has 1 saturated carbocycles. The first kappa shape index (κ1) is 19.1. The number of carbonyl (C=O) groups excluding carboxylic acids is 2. The van der Waals surface area contributed by atoms with Crippen LogP contribution in [-0.4, -0.2) is 65.4 Å². The lowest BCUT2D eigenvalue weighted by Gasteiger charge is -2.34. The summed E-state index contributed by atoms with van der Waals surface area (Å²) in [5.74, 6) is 0.231. The summed E-state index contributed by atoms with van der Waals surface area (Å²) in [7, 11) is 0. The molecule has 2 amide bonds. The van der Waals surface area contributed by atoms with E-state index in [1.165, 1.54) is 5.56 Å². The highest BCUT2D eigenvalue weighted by molar-refractivity contribution is 7.09. The molecular weight excluding hydrogens is 372 g/mol. The zero-order valence-electron chi connectivity index (χ0n) is 16.0. The number of hydrogen-bond donors (Lipinski definition) is 1. The summed E-state index contributed by atoms with van der Waals surface area (Å²) in [5.41, 5.74) is 2.09. The monoisotopic (exact) mass is 398 g/mol. The molecule has 1 aliphatic carbocycles. The lowest BCUT2D eigenvalue weighted by Crippen LogP contribution is -2.51. The summed E-state index contributed by atoms with van der Waals surface area (Å²) in [4.78, 5) is 33.2. The predicted molar refractivity (Wildman–Crippen MR) is 109 cm³/mol. The second-order valence-electron chi connectivity index (χ2n) is 7.57. The molecule has 2 heterocycles. The van der Waals surface area contributed by atoms with Crippen molar-refractivity contribution in [3.8, 4) is 0 Å². The molecular formula is C21H26N4O2S. The van der Waals surface area contributed by atoms with Crippen molar-refractivity contribution in [2.24, 2.45) is 0 Å². The van der Waals surface area contributed by atoms with Gasteiger partial charge in [0, 0.05) is 44.0 Å². The Kier molecular flexibility index (Phi) is 6.02. The van der Waals surface area contributed by atoms with Crippen LogP contribution in [0, 0.1) is 0 Å². The highest BCUT2D eigenvalue weighted by Crippen LogP contribution is 2.18. The minimum atomic E-state index is 0.107. The van der Waals surface area contributed by atoms with Crippen LogP contribution in [0.25, 0.3) is 0 Å². The summed E-state index contributed by atoms with van der Waals surface area (Å²) >= 11 is 1.62. The molecule has 1 N–H and O–H groups in total. The molecule has 6 nitrogen and oxygen atoms in total. The lowest BCUT2D eigenvalue weighted by molar-refractivity contribution is -0.132. The van der Waals surface area contributed by atoms with Gasteiger partial charge in [-0.15, -0.1) is 11.3 Å². The van der Waals surface area contributed by atoms with Gasteiger partial charge in [0.2, 0.25) is 11.8 Å². The van der Waals surface area contributed by atoms with E-state index in [1.54, 1.807) is 11.3 Å². The maximum Gasteiger partial charge on any atom is 0.234 e. The summed E-state index contributed by atoms with van der Waals surface area (Å²) < 4.78 is 0. The van der Waals surface area contributed by atoms with Gasteiger partial charge >= 0.3 is 0 Å². The average molecular weight is 399 g/mol. The molecule has 0 atom stereocenters. The van der Waals surface area contributed by atoms with Gasteiger partial charge in [0.25, 0.3) is 0 Å². The Balaban J connectivity index is 1.22. The molecule has 0 radical (unpaired) electrons. The maximum absolute atomic E-state index is 12.6. The van der Waals surface area contributed by atoms with E-state index in [9.17, 15) is 9.59 Å². The zero-order valence-corrected chi connectivity index (χ0v) is 16.8. The van der Waals surface area contributed by atoms with Gasteiger partial charge in [0.1, 0.15) is 0 Å². The Morgan fingerprint density at radius 1 is 1.11 bits per heavy atom. The molecule has 0 spiro atoms. The first-order chi connectivity index (χ1) is 13.7. The van der Waals surface area contributed by atoms with Gasteiger partial charge in [-0.3, -0.25) is 14.5 Å². The minimum Gasteiger partial charge on any atom is -0.352 e. The third-order valence-electron chi connectivity index (χ3n) is 5.16. The third kappa shape index (κ3) is 5.39. The van der Waals surface area contributed by atoms with Crippen molar-refractivity contribution in [1.82, 2.24) is 20.1 Å². The quantitative estimate of drug-likeness (QED) is 0.771. The molecule has 28 heavy (non-hydrogen) atoms. The van der Waals surface area contributed by atoms with Crippen LogP contribution < -0.4 is 5.32 Å². The summed E-state index contributed by atoms with van der Waals surface area (Å²) in [5, 5.41) is 6.06. The molecule has 0 unspecified atom stereocenters. The first-order valence-electron chi connectivity index (χ1n) is 9.92. The van der Waals surface area contributed by atoms with E-state index in [0.29, 0.717) is 32.1 Å². The molecule has 1 aliphatic heterocycles. The fourth-order valence-corrected chi connectivity index (χ4v) is 4.24. The van der Waals surface area contributed by atoms with Crippen LogP contribution in [0.15, 0.2) is 35.7 Å². The highest BCUT2D eigenvalue weighted by atomic mass is 32.1. The van der Waals surface area contributed by atoms with E-state index >= 15 is 0 Å². The number of rotatable bonds is 7. The standard InChI is InChI=1S/C21H26N4O2S/c26-19(22-17-6-7-17)14-24-8-10-25(11-9-24)21(27)13-18-15-28-20(23-18)12-16-4-2-1-3-5-16/h1-5,15,17H,6-14H2,(H,22,26). The number of nitrogens with one attached hydrogen (secondary N) is 1. The average Bonchev–Trinajstić information content (AvgIpc) is 3.40. The van der Waals surface area contributed by atoms with Gasteiger partial charge < -0.3 is 10.2 Å². The number of amides is 2. The Labute approximate surface area is 169 Å². The number of aromatic nitrogens is 1. The van der Waals surface area contributed by atoms with Gasteiger partial charge in [-0.25, -0.2) is 4.98 Å². The number of thiazole rings is 1. The van der Waals surface area contributed by atoms with Crippen LogP contribution in [0.3, 0.4) is 0 Å². The zero-order chi connectivity index (χ0) is 19.3. The topological polar surface area (TPSA) is 65.5 Å². The minimum absolute atomic E-state index is 0.107. The van der Waals surface area contributed by atoms with Crippen molar-refractivity contribution >= 4 is 23.2 Å². The number of hydrogen-bond acceptors (Lipinski definition) is 5. The van der Waals surface area contributed by atoms with E-state index in [2.05, 4.69) is 27.3 Å². The molecule has 2 aromatic rings. The van der Waals surface area contributed by atoms with Crippen LogP contribution in [0.2, 0.25) is 0 Å². The molecule has 1 saturated heterocycles. The summed E-state index contributed by atoms with van der Waals surface area (Å²) in [6.07, 6.45) is 3.38. The molecule has 7 heteroatoms. The van der Waals surface area contributed by atoms with E-state index in [4.69, 9.17) is 0 Å². The fourth-order valence-electron chi connectivity index (χ4n) is 3.41. The van der Waals surface area contributed by atoms with Crippen LogP contribution >= 0.6 is 11.3 Å². The highest BCUT2D eigenvalue weighted by Gasteiger charge is 2.26. The molecule has 2 fully saturated rings. The van der Waals surface area contributed by atoms with Crippen molar-refractivity contribution in [2.75, 3.05) is 32.7 Å². The normalized spacial score (nSPS) is 17.5. The van der Waals surface area contributed by atoms with Crippen LogP contribution in [-0.2, 0) is 22.4 Å². The van der Waals surface area contributed by atoms with Crippen molar-refractivity contribution in [3.63, 3.8) is 0 Å². The largest absolute Gasteiger partial charge is 0.352 e. The maximum atomic E-state index is 12.6. The molecule has 1 aromatic carbocycles.